The first-order valence-corrected chi connectivity index (χ1v) is 3.39. The highest BCUT2D eigenvalue weighted by atomic mass is 14.9. The lowest BCUT2D eigenvalue weighted by atomic mass is 10.1. The number of aliphatic imine (C=N–C) groups is 2. The van der Waals surface area contributed by atoms with E-state index in [1.807, 2.05) is 12.2 Å². The van der Waals surface area contributed by atoms with Crippen LogP contribution in [0.3, 0.4) is 0 Å². The minimum atomic E-state index is 0.301. The maximum atomic E-state index is 4.26. The summed E-state index contributed by atoms with van der Waals surface area (Å²) in [5.74, 6) is 0. The first-order valence-electron chi connectivity index (χ1n) is 3.39. The van der Waals surface area contributed by atoms with Gasteiger partial charge in [0.2, 0.25) is 0 Å². The maximum Gasteiger partial charge on any atom is 0.0954 e. The summed E-state index contributed by atoms with van der Waals surface area (Å²) in [5, 5.41) is 0. The smallest absolute Gasteiger partial charge is 0.0954 e. The third-order valence-electron chi connectivity index (χ3n) is 1.66. The highest BCUT2D eigenvalue weighted by Crippen LogP contribution is 2.18. The predicted octanol–water partition coefficient (Wildman–Crippen LogP) is 1.35. The molecule has 1 aliphatic heterocycles. The van der Waals surface area contributed by atoms with Crippen molar-refractivity contribution in [1.82, 2.24) is 0 Å². The van der Waals surface area contributed by atoms with Crippen LogP contribution in [0.1, 0.15) is 6.42 Å². The van der Waals surface area contributed by atoms with Crippen LogP contribution in [0.2, 0.25) is 0 Å². The van der Waals surface area contributed by atoms with E-state index in [1.54, 1.807) is 12.4 Å². The van der Waals surface area contributed by atoms with Gasteiger partial charge in [0.1, 0.15) is 0 Å². The topological polar surface area (TPSA) is 24.7 Å². The second-order valence-corrected chi connectivity index (χ2v) is 2.35. The van der Waals surface area contributed by atoms with Gasteiger partial charge in [0, 0.05) is 12.4 Å². The van der Waals surface area contributed by atoms with E-state index in [4.69, 9.17) is 0 Å². The van der Waals surface area contributed by atoms with Crippen molar-refractivity contribution < 1.29 is 0 Å². The summed E-state index contributed by atoms with van der Waals surface area (Å²) >= 11 is 0. The Morgan fingerprint density at radius 3 is 3.30 bits per heavy atom. The molecule has 1 atom stereocenters. The van der Waals surface area contributed by atoms with Crippen molar-refractivity contribution in [2.75, 3.05) is 0 Å². The average molecular weight is 132 g/mol. The molecule has 0 saturated carbocycles. The number of rotatable bonds is 0. The SMILES string of the molecule is C1=CCC2N=CC=NC2=C1. The first-order chi connectivity index (χ1) is 4.97. The zero-order valence-electron chi connectivity index (χ0n) is 5.57. The fourth-order valence-corrected chi connectivity index (χ4v) is 1.13. The standard InChI is InChI=1S/C8H8N2/c1-2-4-8-7(3-1)9-5-6-10-8/h1-3,5-6,8H,4H2. The lowest BCUT2D eigenvalue weighted by Gasteiger charge is -2.15. The minimum Gasteiger partial charge on any atom is -0.282 e. The molecule has 0 aromatic heterocycles. The monoisotopic (exact) mass is 132 g/mol. The van der Waals surface area contributed by atoms with Crippen molar-refractivity contribution in [2.45, 2.75) is 12.5 Å². The molecule has 1 unspecified atom stereocenters. The molecule has 2 nitrogen and oxygen atoms in total. The van der Waals surface area contributed by atoms with Crippen LogP contribution in [0.15, 0.2) is 33.9 Å². The molecular weight excluding hydrogens is 124 g/mol. The Bertz CT molecular complexity index is 246. The van der Waals surface area contributed by atoms with Crippen molar-refractivity contribution in [2.24, 2.45) is 9.98 Å². The Morgan fingerprint density at radius 1 is 1.40 bits per heavy atom. The normalized spacial score (nSPS) is 28.0. The summed E-state index contributed by atoms with van der Waals surface area (Å²) in [6.45, 7) is 0. The van der Waals surface area contributed by atoms with Gasteiger partial charge in [-0.3, -0.25) is 9.98 Å². The summed E-state index contributed by atoms with van der Waals surface area (Å²) in [7, 11) is 0. The molecular formula is C8H8N2. The third kappa shape index (κ3) is 0.817. The molecule has 0 saturated heterocycles. The molecule has 0 aromatic carbocycles. The van der Waals surface area contributed by atoms with E-state index in [2.05, 4.69) is 16.1 Å². The van der Waals surface area contributed by atoms with E-state index in [1.165, 1.54) is 0 Å². The van der Waals surface area contributed by atoms with E-state index in [0.717, 1.165) is 12.1 Å². The van der Waals surface area contributed by atoms with E-state index < -0.39 is 0 Å². The van der Waals surface area contributed by atoms with Crippen LogP contribution in [0, 0.1) is 0 Å². The zero-order chi connectivity index (χ0) is 6.81. The lowest BCUT2D eigenvalue weighted by molar-refractivity contribution is 0.767. The molecule has 0 spiro atoms. The van der Waals surface area contributed by atoms with Gasteiger partial charge in [-0.1, -0.05) is 12.2 Å². The Kier molecular flexibility index (Phi) is 1.24. The van der Waals surface area contributed by atoms with Crippen molar-refractivity contribution in [3.8, 4) is 0 Å². The number of hydrogen-bond acceptors (Lipinski definition) is 2. The van der Waals surface area contributed by atoms with Crippen LogP contribution in [-0.2, 0) is 0 Å². The molecule has 0 fully saturated rings. The molecule has 0 N–H and O–H groups in total. The molecule has 10 heavy (non-hydrogen) atoms. The van der Waals surface area contributed by atoms with E-state index in [0.29, 0.717) is 6.04 Å². The minimum absolute atomic E-state index is 0.301. The van der Waals surface area contributed by atoms with Gasteiger partial charge in [0.15, 0.2) is 0 Å². The second-order valence-electron chi connectivity index (χ2n) is 2.35. The Hall–Kier alpha value is -1.18. The molecule has 0 radical (unpaired) electrons. The van der Waals surface area contributed by atoms with Gasteiger partial charge in [-0.2, -0.15) is 0 Å². The van der Waals surface area contributed by atoms with Crippen molar-refractivity contribution in [3.05, 3.63) is 23.9 Å². The number of hydrogen-bond donors (Lipinski definition) is 0. The van der Waals surface area contributed by atoms with Crippen LogP contribution in [-0.4, -0.2) is 18.5 Å². The maximum absolute atomic E-state index is 4.26. The van der Waals surface area contributed by atoms with Crippen molar-refractivity contribution in [1.29, 1.82) is 0 Å². The molecule has 0 amide bonds. The summed E-state index contributed by atoms with van der Waals surface area (Å²) in [6, 6.07) is 0.301. The van der Waals surface area contributed by atoms with Gasteiger partial charge < -0.3 is 0 Å². The van der Waals surface area contributed by atoms with Crippen molar-refractivity contribution >= 4 is 12.4 Å². The van der Waals surface area contributed by atoms with E-state index in [9.17, 15) is 0 Å². The largest absolute Gasteiger partial charge is 0.282 e. The molecule has 0 bridgehead atoms. The van der Waals surface area contributed by atoms with Gasteiger partial charge in [-0.25, -0.2) is 0 Å². The van der Waals surface area contributed by atoms with Crippen LogP contribution in [0.25, 0.3) is 0 Å². The molecule has 2 aliphatic rings. The molecule has 2 rings (SSSR count). The number of allylic oxidation sites excluding steroid dienone is 2. The molecule has 2 heteroatoms. The van der Waals surface area contributed by atoms with Gasteiger partial charge in [-0.15, -0.1) is 0 Å². The van der Waals surface area contributed by atoms with Crippen LogP contribution in [0.4, 0.5) is 0 Å². The Balaban J connectivity index is 2.34. The summed E-state index contributed by atoms with van der Waals surface area (Å²) in [4.78, 5) is 8.44. The summed E-state index contributed by atoms with van der Waals surface area (Å²) < 4.78 is 0. The van der Waals surface area contributed by atoms with Crippen LogP contribution >= 0.6 is 0 Å². The predicted molar refractivity (Wildman–Crippen MR) is 42.6 cm³/mol. The van der Waals surface area contributed by atoms with Gasteiger partial charge in [0.05, 0.1) is 11.7 Å². The van der Waals surface area contributed by atoms with Gasteiger partial charge >= 0.3 is 0 Å². The molecule has 1 heterocycles. The number of nitrogens with zero attached hydrogens (tertiary/aromatic N) is 2. The van der Waals surface area contributed by atoms with E-state index >= 15 is 0 Å². The van der Waals surface area contributed by atoms with Gasteiger partial charge in [0.25, 0.3) is 0 Å². The fraction of sp³-hybridized carbons (Fsp3) is 0.250. The number of fused-ring (bicyclic) bond motifs is 1. The van der Waals surface area contributed by atoms with Crippen LogP contribution in [0.5, 0.6) is 0 Å². The van der Waals surface area contributed by atoms with Crippen LogP contribution < -0.4 is 0 Å². The van der Waals surface area contributed by atoms with Crippen molar-refractivity contribution in [3.63, 3.8) is 0 Å². The Labute approximate surface area is 59.7 Å². The zero-order valence-corrected chi connectivity index (χ0v) is 5.57. The van der Waals surface area contributed by atoms with Gasteiger partial charge in [-0.05, 0) is 12.5 Å². The summed E-state index contributed by atoms with van der Waals surface area (Å²) in [6.07, 6.45) is 10.7. The third-order valence-corrected chi connectivity index (χ3v) is 1.66. The average Bonchev–Trinajstić information content (AvgIpc) is 2.05. The first kappa shape index (κ1) is 5.59. The lowest BCUT2D eigenvalue weighted by Crippen LogP contribution is -2.12. The van der Waals surface area contributed by atoms with E-state index in [-0.39, 0.29) is 0 Å². The quantitative estimate of drug-likeness (QED) is 0.475. The molecule has 1 aliphatic carbocycles. The highest BCUT2D eigenvalue weighted by molar-refractivity contribution is 6.17. The highest BCUT2D eigenvalue weighted by Gasteiger charge is 2.13. The molecule has 0 aromatic rings. The fourth-order valence-electron chi connectivity index (χ4n) is 1.13. The summed E-state index contributed by atoms with van der Waals surface area (Å²) in [5.41, 5.74) is 1.09. The Morgan fingerprint density at radius 2 is 2.40 bits per heavy atom. The second kappa shape index (κ2) is 2.21. The molecule has 50 valence electrons.